The molecule has 1 aliphatic rings. The summed E-state index contributed by atoms with van der Waals surface area (Å²) in [5, 5.41) is 2.62. The van der Waals surface area contributed by atoms with Gasteiger partial charge in [0.1, 0.15) is 0 Å². The SMILES string of the molecule is [c]1ccc2c3c(cccc13)C=CC2. The van der Waals surface area contributed by atoms with Crippen LogP contribution in [0.1, 0.15) is 11.1 Å². The van der Waals surface area contributed by atoms with Crippen molar-refractivity contribution in [3.05, 3.63) is 53.6 Å². The van der Waals surface area contributed by atoms with Gasteiger partial charge in [-0.15, -0.1) is 0 Å². The highest BCUT2D eigenvalue weighted by Crippen LogP contribution is 2.27. The zero-order chi connectivity index (χ0) is 8.67. The minimum Gasteiger partial charge on any atom is -0.0795 e. The average molecular weight is 165 g/mol. The first kappa shape index (κ1) is 6.90. The fraction of sp³-hybridized carbons (Fsp3) is 0.0769. The van der Waals surface area contributed by atoms with E-state index >= 15 is 0 Å². The topological polar surface area (TPSA) is 0 Å². The van der Waals surface area contributed by atoms with Gasteiger partial charge in [0.25, 0.3) is 0 Å². The second-order valence-corrected chi connectivity index (χ2v) is 3.38. The summed E-state index contributed by atoms with van der Waals surface area (Å²) in [6.07, 6.45) is 5.47. The van der Waals surface area contributed by atoms with E-state index in [1.165, 1.54) is 21.9 Å². The van der Waals surface area contributed by atoms with Crippen molar-refractivity contribution in [3.8, 4) is 0 Å². The van der Waals surface area contributed by atoms with Gasteiger partial charge in [0.2, 0.25) is 0 Å². The van der Waals surface area contributed by atoms with Crippen molar-refractivity contribution in [2.24, 2.45) is 0 Å². The van der Waals surface area contributed by atoms with Crippen molar-refractivity contribution >= 4 is 16.8 Å². The highest BCUT2D eigenvalue weighted by molar-refractivity contribution is 5.94. The summed E-state index contributed by atoms with van der Waals surface area (Å²) in [6, 6.07) is 13.8. The Balaban J connectivity index is 2.56. The quantitative estimate of drug-likeness (QED) is 0.562. The zero-order valence-electron chi connectivity index (χ0n) is 7.25. The second-order valence-electron chi connectivity index (χ2n) is 3.38. The molecule has 0 saturated carbocycles. The van der Waals surface area contributed by atoms with Gasteiger partial charge in [0, 0.05) is 0 Å². The lowest BCUT2D eigenvalue weighted by atomic mass is 9.93. The standard InChI is InChI=1S/C13H9/c1-4-10-6-2-8-12-9-3-7-11(5-1)13(10)12/h1-6,9H,8H2. The maximum atomic E-state index is 3.27. The van der Waals surface area contributed by atoms with E-state index in [1.807, 2.05) is 6.07 Å². The van der Waals surface area contributed by atoms with Crippen LogP contribution < -0.4 is 0 Å². The highest BCUT2D eigenvalue weighted by atomic mass is 14.1. The number of allylic oxidation sites excluding steroid dienone is 1. The fourth-order valence-corrected chi connectivity index (χ4v) is 1.99. The first-order valence-corrected chi connectivity index (χ1v) is 4.54. The van der Waals surface area contributed by atoms with E-state index in [1.54, 1.807) is 0 Å². The predicted octanol–water partition coefficient (Wildman–Crippen LogP) is 3.21. The first-order chi connectivity index (χ1) is 6.45. The van der Waals surface area contributed by atoms with Gasteiger partial charge < -0.3 is 0 Å². The number of benzene rings is 2. The molecule has 0 heterocycles. The molecule has 0 unspecified atom stereocenters. The maximum absolute atomic E-state index is 3.27. The molecule has 3 rings (SSSR count). The number of hydrogen-bond acceptors (Lipinski definition) is 0. The first-order valence-electron chi connectivity index (χ1n) is 4.54. The molecule has 13 heavy (non-hydrogen) atoms. The molecule has 61 valence electrons. The van der Waals surface area contributed by atoms with Crippen LogP contribution in [0.4, 0.5) is 0 Å². The van der Waals surface area contributed by atoms with Crippen molar-refractivity contribution < 1.29 is 0 Å². The summed E-state index contributed by atoms with van der Waals surface area (Å²) >= 11 is 0. The number of hydrogen-bond donors (Lipinski definition) is 0. The lowest BCUT2D eigenvalue weighted by Gasteiger charge is -2.11. The molecule has 0 aromatic heterocycles. The van der Waals surface area contributed by atoms with Crippen molar-refractivity contribution in [2.45, 2.75) is 6.42 Å². The number of rotatable bonds is 0. The van der Waals surface area contributed by atoms with E-state index in [9.17, 15) is 0 Å². The molecule has 0 saturated heterocycles. The van der Waals surface area contributed by atoms with E-state index < -0.39 is 0 Å². The van der Waals surface area contributed by atoms with Crippen molar-refractivity contribution in [2.75, 3.05) is 0 Å². The van der Waals surface area contributed by atoms with Gasteiger partial charge in [-0.1, -0.05) is 42.5 Å². The summed E-state index contributed by atoms with van der Waals surface area (Å²) in [5.74, 6) is 0. The van der Waals surface area contributed by atoms with Crippen LogP contribution >= 0.6 is 0 Å². The molecule has 0 spiro atoms. The molecule has 0 heteroatoms. The third-order valence-electron chi connectivity index (χ3n) is 2.58. The Kier molecular flexibility index (Phi) is 1.31. The summed E-state index contributed by atoms with van der Waals surface area (Å²) in [5.41, 5.74) is 2.75. The van der Waals surface area contributed by atoms with Crippen LogP contribution in [0.3, 0.4) is 0 Å². The van der Waals surface area contributed by atoms with Crippen molar-refractivity contribution in [1.29, 1.82) is 0 Å². The summed E-state index contributed by atoms with van der Waals surface area (Å²) in [6.45, 7) is 0. The van der Waals surface area contributed by atoms with E-state index in [0.29, 0.717) is 0 Å². The highest BCUT2D eigenvalue weighted by Gasteiger charge is 2.06. The molecule has 2 aromatic rings. The second kappa shape index (κ2) is 2.46. The van der Waals surface area contributed by atoms with Crippen molar-refractivity contribution in [1.82, 2.24) is 0 Å². The van der Waals surface area contributed by atoms with Crippen LogP contribution in [0.25, 0.3) is 16.8 Å². The molecule has 0 atom stereocenters. The molecule has 0 N–H and O–H groups in total. The van der Waals surface area contributed by atoms with Gasteiger partial charge in [0.05, 0.1) is 0 Å². The summed E-state index contributed by atoms with van der Waals surface area (Å²) in [7, 11) is 0. The van der Waals surface area contributed by atoms with Gasteiger partial charge >= 0.3 is 0 Å². The molecular formula is C13H9. The summed E-state index contributed by atoms with van der Waals surface area (Å²) in [4.78, 5) is 0. The van der Waals surface area contributed by atoms with Gasteiger partial charge in [-0.25, -0.2) is 0 Å². The molecule has 1 radical (unpaired) electrons. The normalized spacial score (nSPS) is 13.5. The molecule has 2 aromatic carbocycles. The monoisotopic (exact) mass is 165 g/mol. The lowest BCUT2D eigenvalue weighted by Crippen LogP contribution is -1.91. The smallest absolute Gasteiger partial charge is 0.00700 e. The minimum absolute atomic E-state index is 1.06. The Hall–Kier alpha value is -1.56. The molecular weight excluding hydrogens is 156 g/mol. The molecule has 0 amide bonds. The van der Waals surface area contributed by atoms with Crippen LogP contribution in [0.15, 0.2) is 36.4 Å². The van der Waals surface area contributed by atoms with E-state index in [0.717, 1.165) is 6.42 Å². The third kappa shape index (κ3) is 0.919. The lowest BCUT2D eigenvalue weighted by molar-refractivity contribution is 1.29. The Morgan fingerprint density at radius 2 is 2.15 bits per heavy atom. The molecule has 0 aliphatic heterocycles. The van der Waals surface area contributed by atoms with E-state index in [2.05, 4.69) is 42.5 Å². The van der Waals surface area contributed by atoms with Gasteiger partial charge in [0.15, 0.2) is 0 Å². The Morgan fingerprint density at radius 3 is 3.15 bits per heavy atom. The predicted molar refractivity (Wildman–Crippen MR) is 55.5 cm³/mol. The van der Waals surface area contributed by atoms with Crippen LogP contribution in [0, 0.1) is 6.07 Å². The van der Waals surface area contributed by atoms with Crippen LogP contribution in [-0.4, -0.2) is 0 Å². The molecule has 1 aliphatic carbocycles. The van der Waals surface area contributed by atoms with Gasteiger partial charge in [-0.05, 0) is 34.4 Å². The largest absolute Gasteiger partial charge is 0.0795 e. The molecule has 0 bridgehead atoms. The van der Waals surface area contributed by atoms with Crippen LogP contribution in [0.2, 0.25) is 0 Å². The van der Waals surface area contributed by atoms with Gasteiger partial charge in [-0.3, -0.25) is 0 Å². The molecule has 0 nitrogen and oxygen atoms in total. The van der Waals surface area contributed by atoms with E-state index in [4.69, 9.17) is 0 Å². The summed E-state index contributed by atoms with van der Waals surface area (Å²) < 4.78 is 0. The van der Waals surface area contributed by atoms with Crippen LogP contribution in [-0.2, 0) is 6.42 Å². The fourth-order valence-electron chi connectivity index (χ4n) is 1.99. The average Bonchev–Trinajstić information content (AvgIpc) is 2.19. The minimum atomic E-state index is 1.06. The van der Waals surface area contributed by atoms with Gasteiger partial charge in [-0.2, -0.15) is 0 Å². The Labute approximate surface area is 77.5 Å². The maximum Gasteiger partial charge on any atom is -0.00700 e. The van der Waals surface area contributed by atoms with E-state index in [-0.39, 0.29) is 0 Å². The Bertz CT molecular complexity index is 487. The molecule has 0 fully saturated rings. The van der Waals surface area contributed by atoms with Crippen molar-refractivity contribution in [3.63, 3.8) is 0 Å². The van der Waals surface area contributed by atoms with Crippen LogP contribution in [0.5, 0.6) is 0 Å². The zero-order valence-corrected chi connectivity index (χ0v) is 7.25. The Morgan fingerprint density at radius 1 is 1.15 bits per heavy atom. The third-order valence-corrected chi connectivity index (χ3v) is 2.58.